The van der Waals surface area contributed by atoms with E-state index in [0.717, 1.165) is 11.8 Å². The summed E-state index contributed by atoms with van der Waals surface area (Å²) in [5.74, 6) is -0.292. The molecule has 0 amide bonds. The molecule has 0 aromatic heterocycles. The van der Waals surface area contributed by atoms with Gasteiger partial charge in [-0.15, -0.1) is 0 Å². The summed E-state index contributed by atoms with van der Waals surface area (Å²) in [7, 11) is -7.18. The summed E-state index contributed by atoms with van der Waals surface area (Å²) in [6.07, 6.45) is 1.58. The quantitative estimate of drug-likeness (QED) is 0.785. The van der Waals surface area contributed by atoms with E-state index < -0.39 is 25.9 Å². The Morgan fingerprint density at radius 3 is 2.19 bits per heavy atom. The van der Waals surface area contributed by atoms with Crippen LogP contribution in [0, 0.1) is 0 Å². The van der Waals surface area contributed by atoms with Crippen molar-refractivity contribution in [2.45, 2.75) is 29.9 Å². The number of hydrogen-bond acceptors (Lipinski definition) is 5. The Balaban J connectivity index is 1.86. The number of aliphatic hydroxyl groups excluding tert-OH is 1. The van der Waals surface area contributed by atoms with E-state index in [1.165, 1.54) is 16.4 Å². The van der Waals surface area contributed by atoms with Crippen LogP contribution in [0.25, 0.3) is 0 Å². The Hall–Kier alpha value is -1.74. The average Bonchev–Trinajstić information content (AvgIpc) is 3.06. The van der Waals surface area contributed by atoms with E-state index in [1.807, 2.05) is 30.3 Å². The molecule has 0 radical (unpaired) electrons. The summed E-state index contributed by atoms with van der Waals surface area (Å²) in [6.45, 7) is 0.121. The Morgan fingerprint density at radius 1 is 1.00 bits per heavy atom. The van der Waals surface area contributed by atoms with Crippen molar-refractivity contribution in [1.82, 2.24) is 4.31 Å². The van der Waals surface area contributed by atoms with Gasteiger partial charge in [-0.1, -0.05) is 42.5 Å². The van der Waals surface area contributed by atoms with E-state index in [9.17, 15) is 16.8 Å². The van der Waals surface area contributed by atoms with E-state index in [4.69, 9.17) is 5.11 Å². The molecule has 146 valence electrons. The van der Waals surface area contributed by atoms with Gasteiger partial charge < -0.3 is 5.11 Å². The van der Waals surface area contributed by atoms with Crippen LogP contribution in [0.4, 0.5) is 0 Å². The lowest BCUT2D eigenvalue weighted by molar-refractivity contribution is 0.282. The van der Waals surface area contributed by atoms with Gasteiger partial charge in [-0.05, 0) is 35.6 Å². The molecule has 1 saturated heterocycles. The Labute approximate surface area is 160 Å². The molecule has 1 aliphatic rings. The lowest BCUT2D eigenvalue weighted by atomic mass is 9.97. The molecule has 1 heterocycles. The minimum Gasteiger partial charge on any atom is -0.392 e. The first-order valence-corrected chi connectivity index (χ1v) is 12.1. The number of sulfone groups is 1. The second kappa shape index (κ2) is 7.71. The largest absolute Gasteiger partial charge is 0.392 e. The first-order valence-electron chi connectivity index (χ1n) is 8.65. The first-order chi connectivity index (χ1) is 12.7. The van der Waals surface area contributed by atoms with E-state index in [-0.39, 0.29) is 29.7 Å². The topological polar surface area (TPSA) is 91.8 Å². The van der Waals surface area contributed by atoms with Gasteiger partial charge in [0.2, 0.25) is 10.0 Å². The molecule has 1 N–H and O–H groups in total. The van der Waals surface area contributed by atoms with Crippen molar-refractivity contribution in [1.29, 1.82) is 0 Å². The molecule has 6 nitrogen and oxygen atoms in total. The minimum absolute atomic E-state index is 0.0297. The molecule has 0 spiro atoms. The zero-order valence-electron chi connectivity index (χ0n) is 15.0. The molecule has 0 unspecified atom stereocenters. The van der Waals surface area contributed by atoms with Gasteiger partial charge in [0.25, 0.3) is 0 Å². The molecule has 0 bridgehead atoms. The van der Waals surface area contributed by atoms with Gasteiger partial charge in [0.1, 0.15) is 0 Å². The van der Waals surface area contributed by atoms with Crippen LogP contribution in [0.1, 0.15) is 23.5 Å². The molecular weight excluding hydrogens is 386 g/mol. The summed E-state index contributed by atoms with van der Waals surface area (Å²) >= 11 is 0. The smallest absolute Gasteiger partial charge is 0.211 e. The van der Waals surface area contributed by atoms with E-state index in [0.29, 0.717) is 12.0 Å². The van der Waals surface area contributed by atoms with Crippen molar-refractivity contribution in [3.63, 3.8) is 0 Å². The third kappa shape index (κ3) is 4.57. The minimum atomic E-state index is -3.66. The lowest BCUT2D eigenvalue weighted by Gasteiger charge is -2.21. The summed E-state index contributed by atoms with van der Waals surface area (Å²) in [4.78, 5) is 0.135. The maximum atomic E-state index is 12.8. The van der Waals surface area contributed by atoms with Gasteiger partial charge in [0.05, 0.1) is 23.5 Å². The molecule has 2 aromatic rings. The highest BCUT2D eigenvalue weighted by atomic mass is 32.2. The van der Waals surface area contributed by atoms with Gasteiger partial charge in [0, 0.05) is 12.6 Å². The third-order valence-electron chi connectivity index (χ3n) is 4.94. The van der Waals surface area contributed by atoms with Crippen molar-refractivity contribution >= 4 is 19.9 Å². The molecule has 2 aromatic carbocycles. The second-order valence-electron chi connectivity index (χ2n) is 6.91. The number of aliphatic hydroxyl groups is 1. The van der Waals surface area contributed by atoms with Crippen LogP contribution in [0.3, 0.4) is 0 Å². The van der Waals surface area contributed by atoms with Crippen LogP contribution < -0.4 is 0 Å². The summed E-state index contributed by atoms with van der Waals surface area (Å²) < 4.78 is 51.4. The second-order valence-corrected chi connectivity index (χ2v) is 10.9. The van der Waals surface area contributed by atoms with Crippen molar-refractivity contribution < 1.29 is 21.9 Å². The molecule has 1 aliphatic heterocycles. The highest BCUT2D eigenvalue weighted by molar-refractivity contribution is 7.91. The normalized spacial score (nSPS) is 21.4. The van der Waals surface area contributed by atoms with Crippen LogP contribution in [0.2, 0.25) is 0 Å². The Morgan fingerprint density at radius 2 is 1.63 bits per heavy atom. The predicted octanol–water partition coefficient (Wildman–Crippen LogP) is 1.77. The molecule has 2 atom stereocenters. The van der Waals surface area contributed by atoms with Crippen molar-refractivity contribution in [2.75, 3.05) is 18.6 Å². The SMILES string of the molecule is CS(=O)(=O)N1C[C@@H](c2ccccc2)C[C@H]1CS(=O)(=O)c1ccc(CO)cc1. The van der Waals surface area contributed by atoms with Crippen LogP contribution >= 0.6 is 0 Å². The van der Waals surface area contributed by atoms with Gasteiger partial charge >= 0.3 is 0 Å². The number of sulfonamides is 1. The van der Waals surface area contributed by atoms with E-state index in [2.05, 4.69) is 0 Å². The highest BCUT2D eigenvalue weighted by Crippen LogP contribution is 2.34. The standard InChI is InChI=1S/C19H23NO5S2/c1-26(22,23)20-12-17(16-5-3-2-4-6-16)11-18(20)14-27(24,25)19-9-7-15(13-21)8-10-19/h2-10,17-18,21H,11-14H2,1H3/t17-,18-/m0/s1. The maximum absolute atomic E-state index is 12.8. The molecular formula is C19H23NO5S2. The summed E-state index contributed by atoms with van der Waals surface area (Å²) in [5.41, 5.74) is 1.63. The molecule has 3 rings (SSSR count). The third-order valence-corrected chi connectivity index (χ3v) is 8.05. The van der Waals surface area contributed by atoms with Crippen LogP contribution in [-0.2, 0) is 26.5 Å². The molecule has 0 aliphatic carbocycles. The van der Waals surface area contributed by atoms with Gasteiger partial charge in [0.15, 0.2) is 9.84 Å². The average molecular weight is 410 g/mol. The number of rotatable bonds is 6. The van der Waals surface area contributed by atoms with Crippen molar-refractivity contribution in [2.24, 2.45) is 0 Å². The maximum Gasteiger partial charge on any atom is 0.211 e. The van der Waals surface area contributed by atoms with Gasteiger partial charge in [-0.2, -0.15) is 4.31 Å². The molecule has 27 heavy (non-hydrogen) atoms. The Kier molecular flexibility index (Phi) is 5.71. The Bertz CT molecular complexity index is 986. The highest BCUT2D eigenvalue weighted by Gasteiger charge is 2.40. The first kappa shape index (κ1) is 20.0. The summed E-state index contributed by atoms with van der Waals surface area (Å²) in [5, 5.41) is 9.10. The van der Waals surface area contributed by atoms with Crippen molar-refractivity contribution in [3.05, 3.63) is 65.7 Å². The van der Waals surface area contributed by atoms with Crippen molar-refractivity contribution in [3.8, 4) is 0 Å². The van der Waals surface area contributed by atoms with Crippen LogP contribution in [-0.4, -0.2) is 50.8 Å². The number of hydrogen-bond donors (Lipinski definition) is 1. The van der Waals surface area contributed by atoms with Gasteiger partial charge in [-0.3, -0.25) is 0 Å². The zero-order chi connectivity index (χ0) is 19.7. The molecule has 1 fully saturated rings. The molecule has 8 heteroatoms. The zero-order valence-corrected chi connectivity index (χ0v) is 16.7. The van der Waals surface area contributed by atoms with Crippen LogP contribution in [0.5, 0.6) is 0 Å². The van der Waals surface area contributed by atoms with E-state index in [1.54, 1.807) is 12.1 Å². The van der Waals surface area contributed by atoms with Gasteiger partial charge in [-0.25, -0.2) is 16.8 Å². The fourth-order valence-electron chi connectivity index (χ4n) is 3.56. The molecule has 0 saturated carbocycles. The fourth-order valence-corrected chi connectivity index (χ4v) is 6.38. The van der Waals surface area contributed by atoms with Crippen LogP contribution in [0.15, 0.2) is 59.5 Å². The monoisotopic (exact) mass is 409 g/mol. The van der Waals surface area contributed by atoms with E-state index >= 15 is 0 Å². The summed E-state index contributed by atoms with van der Waals surface area (Å²) in [6, 6.07) is 15.0. The number of benzene rings is 2. The number of nitrogens with zero attached hydrogens (tertiary/aromatic N) is 1. The predicted molar refractivity (Wildman–Crippen MR) is 104 cm³/mol. The lowest BCUT2D eigenvalue weighted by Crippen LogP contribution is -2.39. The fraction of sp³-hybridized carbons (Fsp3) is 0.368.